The largest absolute Gasteiger partial charge is 0.492 e. The van der Waals surface area contributed by atoms with Crippen LogP contribution in [0, 0.1) is 0 Å². The summed E-state index contributed by atoms with van der Waals surface area (Å²) >= 11 is 0. The molecule has 0 unspecified atom stereocenters. The Balaban J connectivity index is 1.74. The van der Waals surface area contributed by atoms with Crippen molar-refractivity contribution in [3.63, 3.8) is 0 Å². The SMILES string of the molecule is CCCCN(CCOc1cccc(CN)c1)C1CC1. The molecule has 0 bridgehead atoms. The third-order valence-electron chi connectivity index (χ3n) is 3.64. The van der Waals surface area contributed by atoms with Gasteiger partial charge < -0.3 is 10.5 Å². The summed E-state index contributed by atoms with van der Waals surface area (Å²) in [6.45, 7) is 5.85. The summed E-state index contributed by atoms with van der Waals surface area (Å²) in [6, 6.07) is 8.91. The van der Waals surface area contributed by atoms with Crippen molar-refractivity contribution in [1.82, 2.24) is 4.90 Å². The molecule has 1 fully saturated rings. The summed E-state index contributed by atoms with van der Waals surface area (Å²) in [5.74, 6) is 0.939. The van der Waals surface area contributed by atoms with Crippen LogP contribution in [0.25, 0.3) is 0 Å². The number of ether oxygens (including phenoxy) is 1. The van der Waals surface area contributed by atoms with Gasteiger partial charge in [-0.05, 0) is 43.5 Å². The van der Waals surface area contributed by atoms with Crippen molar-refractivity contribution in [3.8, 4) is 5.75 Å². The van der Waals surface area contributed by atoms with Crippen LogP contribution < -0.4 is 10.5 Å². The summed E-state index contributed by atoms with van der Waals surface area (Å²) in [7, 11) is 0. The number of nitrogens with two attached hydrogens (primary N) is 1. The molecular formula is C16H26N2O. The predicted octanol–water partition coefficient (Wildman–Crippen LogP) is 2.79. The summed E-state index contributed by atoms with van der Waals surface area (Å²) in [5, 5.41) is 0. The van der Waals surface area contributed by atoms with E-state index in [0.717, 1.165) is 30.5 Å². The van der Waals surface area contributed by atoms with Gasteiger partial charge in [0.2, 0.25) is 0 Å². The molecule has 2 N–H and O–H groups in total. The molecule has 0 aliphatic heterocycles. The van der Waals surface area contributed by atoms with E-state index in [4.69, 9.17) is 10.5 Å². The number of rotatable bonds is 9. The first kappa shape index (κ1) is 14.4. The quantitative estimate of drug-likeness (QED) is 0.743. The number of benzene rings is 1. The van der Waals surface area contributed by atoms with Crippen molar-refractivity contribution in [3.05, 3.63) is 29.8 Å². The van der Waals surface area contributed by atoms with Crippen LogP contribution in [0.15, 0.2) is 24.3 Å². The predicted molar refractivity (Wildman–Crippen MR) is 79.3 cm³/mol. The highest BCUT2D eigenvalue weighted by atomic mass is 16.5. The second-order valence-electron chi connectivity index (χ2n) is 5.32. The Labute approximate surface area is 116 Å². The Morgan fingerprint density at radius 3 is 2.84 bits per heavy atom. The first-order valence-electron chi connectivity index (χ1n) is 7.49. The molecule has 0 radical (unpaired) electrons. The van der Waals surface area contributed by atoms with Crippen molar-refractivity contribution in [1.29, 1.82) is 0 Å². The maximum atomic E-state index is 5.84. The van der Waals surface area contributed by atoms with E-state index in [1.54, 1.807) is 0 Å². The van der Waals surface area contributed by atoms with Crippen molar-refractivity contribution in [2.75, 3.05) is 19.7 Å². The molecule has 0 aromatic heterocycles. The molecule has 19 heavy (non-hydrogen) atoms. The van der Waals surface area contributed by atoms with Gasteiger partial charge in [0.1, 0.15) is 12.4 Å². The molecule has 0 atom stereocenters. The van der Waals surface area contributed by atoms with Crippen molar-refractivity contribution >= 4 is 0 Å². The number of unbranched alkanes of at least 4 members (excludes halogenated alkanes) is 1. The highest BCUT2D eigenvalue weighted by Crippen LogP contribution is 2.26. The summed E-state index contributed by atoms with van der Waals surface area (Å²) in [4.78, 5) is 2.58. The van der Waals surface area contributed by atoms with Gasteiger partial charge in [0, 0.05) is 19.1 Å². The molecule has 0 spiro atoms. The van der Waals surface area contributed by atoms with Gasteiger partial charge >= 0.3 is 0 Å². The normalized spacial score (nSPS) is 14.9. The molecule has 1 aliphatic carbocycles. The van der Waals surface area contributed by atoms with Crippen LogP contribution in [-0.2, 0) is 6.54 Å². The monoisotopic (exact) mass is 262 g/mol. The van der Waals surface area contributed by atoms with E-state index >= 15 is 0 Å². The first-order valence-corrected chi connectivity index (χ1v) is 7.49. The van der Waals surface area contributed by atoms with Crippen LogP contribution in [0.5, 0.6) is 5.75 Å². The topological polar surface area (TPSA) is 38.5 Å². The van der Waals surface area contributed by atoms with Gasteiger partial charge in [0.05, 0.1) is 0 Å². The van der Waals surface area contributed by atoms with Crippen molar-refractivity contribution < 1.29 is 4.74 Å². The molecular weight excluding hydrogens is 236 g/mol. The number of hydrogen-bond donors (Lipinski definition) is 1. The second kappa shape index (κ2) is 7.51. The molecule has 2 rings (SSSR count). The minimum atomic E-state index is 0.571. The minimum absolute atomic E-state index is 0.571. The fraction of sp³-hybridized carbons (Fsp3) is 0.625. The van der Waals surface area contributed by atoms with E-state index in [9.17, 15) is 0 Å². The Kier molecular flexibility index (Phi) is 5.67. The molecule has 3 nitrogen and oxygen atoms in total. The maximum Gasteiger partial charge on any atom is 0.119 e. The fourth-order valence-electron chi connectivity index (χ4n) is 2.32. The van der Waals surface area contributed by atoms with E-state index in [1.165, 1.54) is 32.2 Å². The van der Waals surface area contributed by atoms with E-state index in [1.807, 2.05) is 24.3 Å². The zero-order valence-corrected chi connectivity index (χ0v) is 12.0. The lowest BCUT2D eigenvalue weighted by atomic mass is 10.2. The molecule has 0 saturated heterocycles. The van der Waals surface area contributed by atoms with Gasteiger partial charge in [-0.3, -0.25) is 4.90 Å². The lowest BCUT2D eigenvalue weighted by molar-refractivity contribution is 0.199. The summed E-state index contributed by atoms with van der Waals surface area (Å²) in [6.07, 6.45) is 5.29. The Bertz CT molecular complexity index is 377. The summed E-state index contributed by atoms with van der Waals surface area (Å²) < 4.78 is 5.84. The lowest BCUT2D eigenvalue weighted by Gasteiger charge is -2.21. The molecule has 1 aliphatic rings. The third kappa shape index (κ3) is 4.84. The molecule has 1 saturated carbocycles. The Morgan fingerprint density at radius 1 is 1.32 bits per heavy atom. The van der Waals surface area contributed by atoms with E-state index in [2.05, 4.69) is 11.8 Å². The van der Waals surface area contributed by atoms with Crippen LogP contribution in [0.3, 0.4) is 0 Å². The van der Waals surface area contributed by atoms with Crippen LogP contribution in [0.2, 0.25) is 0 Å². The van der Waals surface area contributed by atoms with Gasteiger partial charge in [0.15, 0.2) is 0 Å². The van der Waals surface area contributed by atoms with E-state index < -0.39 is 0 Å². The van der Waals surface area contributed by atoms with Gasteiger partial charge in [-0.25, -0.2) is 0 Å². The standard InChI is InChI=1S/C16H26N2O/c1-2-3-9-18(15-7-8-15)10-11-19-16-6-4-5-14(12-16)13-17/h4-6,12,15H,2-3,7-11,13,17H2,1H3. The van der Waals surface area contributed by atoms with Gasteiger partial charge in [-0.1, -0.05) is 25.5 Å². The average Bonchev–Trinajstić information content (AvgIpc) is 3.27. The zero-order valence-electron chi connectivity index (χ0n) is 12.0. The highest BCUT2D eigenvalue weighted by molar-refractivity contribution is 5.28. The van der Waals surface area contributed by atoms with Gasteiger partial charge in [-0.15, -0.1) is 0 Å². The number of hydrogen-bond acceptors (Lipinski definition) is 3. The van der Waals surface area contributed by atoms with Crippen LogP contribution >= 0.6 is 0 Å². The minimum Gasteiger partial charge on any atom is -0.492 e. The van der Waals surface area contributed by atoms with Gasteiger partial charge in [-0.2, -0.15) is 0 Å². The fourth-order valence-corrected chi connectivity index (χ4v) is 2.32. The smallest absolute Gasteiger partial charge is 0.119 e. The van der Waals surface area contributed by atoms with E-state index in [-0.39, 0.29) is 0 Å². The maximum absolute atomic E-state index is 5.84. The van der Waals surface area contributed by atoms with Crippen LogP contribution in [0.1, 0.15) is 38.2 Å². The molecule has 1 aromatic rings. The summed E-state index contributed by atoms with van der Waals surface area (Å²) in [5.41, 5.74) is 6.76. The van der Waals surface area contributed by atoms with Crippen molar-refractivity contribution in [2.45, 2.75) is 45.2 Å². The Morgan fingerprint density at radius 2 is 2.16 bits per heavy atom. The number of nitrogens with zero attached hydrogens (tertiary/aromatic N) is 1. The third-order valence-corrected chi connectivity index (χ3v) is 3.64. The van der Waals surface area contributed by atoms with Gasteiger partial charge in [0.25, 0.3) is 0 Å². The highest BCUT2D eigenvalue weighted by Gasteiger charge is 2.27. The first-order chi connectivity index (χ1) is 9.33. The molecule has 3 heteroatoms. The molecule has 0 amide bonds. The van der Waals surface area contributed by atoms with Crippen LogP contribution in [0.4, 0.5) is 0 Å². The van der Waals surface area contributed by atoms with E-state index in [0.29, 0.717) is 6.54 Å². The van der Waals surface area contributed by atoms with Crippen molar-refractivity contribution in [2.24, 2.45) is 5.73 Å². The van der Waals surface area contributed by atoms with Crippen LogP contribution in [-0.4, -0.2) is 30.6 Å². The Hall–Kier alpha value is -1.06. The molecule has 0 heterocycles. The molecule has 1 aromatic carbocycles. The molecule has 106 valence electrons. The zero-order chi connectivity index (χ0) is 13.5. The second-order valence-corrected chi connectivity index (χ2v) is 5.32. The average molecular weight is 262 g/mol. The lowest BCUT2D eigenvalue weighted by Crippen LogP contribution is -2.31.